The van der Waals surface area contributed by atoms with Crippen molar-refractivity contribution in [2.45, 2.75) is 25.8 Å². The van der Waals surface area contributed by atoms with Gasteiger partial charge in [0.25, 0.3) is 5.91 Å². The summed E-state index contributed by atoms with van der Waals surface area (Å²) in [7, 11) is 0. The van der Waals surface area contributed by atoms with Crippen LogP contribution in [0.15, 0.2) is 110 Å². The summed E-state index contributed by atoms with van der Waals surface area (Å²) >= 11 is 1.82. The molecule has 1 N–H and O–H groups in total. The number of thiophene rings is 1. The molecule has 0 bridgehead atoms. The van der Waals surface area contributed by atoms with Crippen LogP contribution in [-0.2, 0) is 6.42 Å². The Balaban J connectivity index is 1.26. The van der Waals surface area contributed by atoms with Gasteiger partial charge in [0.2, 0.25) is 0 Å². The highest BCUT2D eigenvalue weighted by Crippen LogP contribution is 2.40. The smallest absolute Gasteiger partial charge is 0.270 e. The molecule has 4 nitrogen and oxygen atoms in total. The lowest BCUT2D eigenvalue weighted by atomic mass is 10.0. The number of fused-ring (bicyclic) bond motifs is 3. The van der Waals surface area contributed by atoms with E-state index in [2.05, 4.69) is 77.0 Å². The van der Waals surface area contributed by atoms with Gasteiger partial charge in [0, 0.05) is 31.9 Å². The number of nitrogens with one attached hydrogen (secondary N) is 1. The van der Waals surface area contributed by atoms with Gasteiger partial charge < -0.3 is 5.32 Å². The zero-order chi connectivity index (χ0) is 25.2. The quantitative estimate of drug-likeness (QED) is 0.244. The second-order valence-corrected chi connectivity index (χ2v) is 10.4. The molecular weight excluding hydrogens is 474 g/mol. The molecule has 1 atom stereocenters. The van der Waals surface area contributed by atoms with Crippen molar-refractivity contribution in [2.24, 2.45) is 0 Å². The zero-order valence-corrected chi connectivity index (χ0v) is 21.4. The number of carbonyl (C=O) groups is 1. The monoisotopic (exact) mass is 501 g/mol. The number of hydrogen-bond donors (Lipinski definition) is 1. The van der Waals surface area contributed by atoms with E-state index in [0.717, 1.165) is 24.1 Å². The summed E-state index contributed by atoms with van der Waals surface area (Å²) in [5.41, 5.74) is 5.03. The number of aromatic nitrogens is 2. The highest BCUT2D eigenvalue weighted by atomic mass is 32.1. The molecule has 0 aliphatic rings. The topological polar surface area (TPSA) is 46.9 Å². The number of amides is 1. The van der Waals surface area contributed by atoms with Gasteiger partial charge in [-0.3, -0.25) is 9.36 Å². The first kappa shape index (κ1) is 23.2. The lowest BCUT2D eigenvalue weighted by molar-refractivity contribution is 0.0931. The van der Waals surface area contributed by atoms with E-state index in [1.54, 1.807) is 12.5 Å². The lowest BCUT2D eigenvalue weighted by Gasteiger charge is -2.15. The first-order valence-corrected chi connectivity index (χ1v) is 13.4. The van der Waals surface area contributed by atoms with Gasteiger partial charge in [-0.15, -0.1) is 11.3 Å². The first-order valence-electron chi connectivity index (χ1n) is 12.6. The number of rotatable bonds is 7. The van der Waals surface area contributed by atoms with E-state index in [9.17, 15) is 4.79 Å². The van der Waals surface area contributed by atoms with E-state index in [0.29, 0.717) is 5.69 Å². The summed E-state index contributed by atoms with van der Waals surface area (Å²) in [6.07, 6.45) is 5.15. The normalized spacial score (nSPS) is 12.1. The van der Waals surface area contributed by atoms with E-state index in [-0.39, 0.29) is 11.9 Å². The summed E-state index contributed by atoms with van der Waals surface area (Å²) in [5.74, 6) is -0.116. The molecule has 2 aromatic heterocycles. The second-order valence-electron chi connectivity index (χ2n) is 9.38. The minimum absolute atomic E-state index is 0.0490. The molecule has 0 spiro atoms. The van der Waals surface area contributed by atoms with Crippen molar-refractivity contribution >= 4 is 37.4 Å². The molecule has 0 unspecified atom stereocenters. The predicted octanol–water partition coefficient (Wildman–Crippen LogP) is 7.66. The van der Waals surface area contributed by atoms with Crippen LogP contribution in [0.2, 0.25) is 0 Å². The maximum atomic E-state index is 13.2. The number of hydrogen-bond acceptors (Lipinski definition) is 3. The average molecular weight is 502 g/mol. The fourth-order valence-electron chi connectivity index (χ4n) is 4.86. The third-order valence-electron chi connectivity index (χ3n) is 6.80. The minimum Gasteiger partial charge on any atom is -0.348 e. The van der Waals surface area contributed by atoms with Crippen LogP contribution in [0.1, 0.15) is 29.4 Å². The molecule has 37 heavy (non-hydrogen) atoms. The number of nitrogens with zero attached hydrogens (tertiary/aromatic N) is 2. The summed E-state index contributed by atoms with van der Waals surface area (Å²) in [6, 6.07) is 33.8. The van der Waals surface area contributed by atoms with Crippen molar-refractivity contribution in [2.75, 3.05) is 0 Å². The van der Waals surface area contributed by atoms with Gasteiger partial charge >= 0.3 is 0 Å². The van der Waals surface area contributed by atoms with Gasteiger partial charge in [-0.1, -0.05) is 78.9 Å². The van der Waals surface area contributed by atoms with Crippen LogP contribution < -0.4 is 5.32 Å². The molecule has 5 heteroatoms. The van der Waals surface area contributed by atoms with E-state index in [4.69, 9.17) is 0 Å². The molecule has 0 saturated carbocycles. The highest BCUT2D eigenvalue weighted by Gasteiger charge is 2.17. The molecule has 182 valence electrons. The number of imidazole rings is 1. The van der Waals surface area contributed by atoms with E-state index >= 15 is 0 Å². The van der Waals surface area contributed by atoms with Crippen molar-refractivity contribution in [3.05, 3.63) is 121 Å². The largest absolute Gasteiger partial charge is 0.348 e. The zero-order valence-electron chi connectivity index (χ0n) is 20.6. The molecule has 0 saturated heterocycles. The average Bonchev–Trinajstić information content (AvgIpc) is 3.58. The van der Waals surface area contributed by atoms with Crippen molar-refractivity contribution in [1.29, 1.82) is 0 Å². The molecule has 0 radical (unpaired) electrons. The maximum absolute atomic E-state index is 13.2. The van der Waals surface area contributed by atoms with Crippen molar-refractivity contribution in [1.82, 2.24) is 14.9 Å². The Bertz CT molecular complexity index is 1700. The van der Waals surface area contributed by atoms with Crippen LogP contribution in [0.3, 0.4) is 0 Å². The summed E-state index contributed by atoms with van der Waals surface area (Å²) < 4.78 is 4.43. The van der Waals surface area contributed by atoms with Gasteiger partial charge in [-0.05, 0) is 54.7 Å². The van der Waals surface area contributed by atoms with Gasteiger partial charge in [0.15, 0.2) is 0 Å². The van der Waals surface area contributed by atoms with E-state index < -0.39 is 0 Å². The Hall–Kier alpha value is -4.22. The Morgan fingerprint density at radius 3 is 2.59 bits per heavy atom. The predicted molar refractivity (Wildman–Crippen MR) is 154 cm³/mol. The maximum Gasteiger partial charge on any atom is 0.270 e. The SMILES string of the molecule is C[C@@H](CCc1ccccc1)NC(=O)c1cncn1-c1cccc(-c2cccc3c2sc2ccccc23)c1. The Kier molecular flexibility index (Phi) is 6.29. The van der Waals surface area contributed by atoms with Crippen LogP contribution in [0.4, 0.5) is 0 Å². The van der Waals surface area contributed by atoms with E-state index in [1.807, 2.05) is 53.2 Å². The molecule has 6 aromatic rings. The number of carbonyl (C=O) groups excluding carboxylic acids is 1. The van der Waals surface area contributed by atoms with Gasteiger partial charge in [-0.2, -0.15) is 0 Å². The second kappa shape index (κ2) is 10.0. The van der Waals surface area contributed by atoms with Crippen LogP contribution >= 0.6 is 11.3 Å². The molecule has 1 amide bonds. The standard InChI is InChI=1S/C32H27N3OS/c1-22(17-18-23-9-3-2-4-10-23)34-32(36)29-20-33-21-35(29)25-12-7-11-24(19-25)26-14-8-15-28-27-13-5-6-16-30(27)37-31(26)28/h2-16,19-22H,17-18H2,1H3,(H,34,36)/t22-/m0/s1. The summed E-state index contributed by atoms with van der Waals surface area (Å²) in [5, 5.41) is 5.71. The van der Waals surface area contributed by atoms with Crippen molar-refractivity contribution < 1.29 is 4.79 Å². The van der Waals surface area contributed by atoms with Crippen LogP contribution in [0.5, 0.6) is 0 Å². The fraction of sp³-hybridized carbons (Fsp3) is 0.125. The van der Waals surface area contributed by atoms with Gasteiger partial charge in [0.05, 0.1) is 12.5 Å². The Morgan fingerprint density at radius 2 is 1.70 bits per heavy atom. The number of aryl methyl sites for hydroxylation is 1. The minimum atomic E-state index is -0.116. The van der Waals surface area contributed by atoms with Gasteiger partial charge in [-0.25, -0.2) is 4.98 Å². The third kappa shape index (κ3) is 4.66. The first-order chi connectivity index (χ1) is 18.2. The fourth-order valence-corrected chi connectivity index (χ4v) is 6.10. The number of benzene rings is 4. The van der Waals surface area contributed by atoms with Crippen molar-refractivity contribution in [3.63, 3.8) is 0 Å². The molecule has 0 fully saturated rings. The van der Waals surface area contributed by atoms with Crippen LogP contribution in [0, 0.1) is 0 Å². The molecule has 4 aromatic carbocycles. The molecular formula is C32H27N3OS. The summed E-state index contributed by atoms with van der Waals surface area (Å²) in [6.45, 7) is 2.05. The molecule has 6 rings (SSSR count). The Morgan fingerprint density at radius 1 is 0.919 bits per heavy atom. The van der Waals surface area contributed by atoms with Gasteiger partial charge in [0.1, 0.15) is 5.69 Å². The molecule has 0 aliphatic heterocycles. The lowest BCUT2D eigenvalue weighted by Crippen LogP contribution is -2.34. The molecule has 2 heterocycles. The highest BCUT2D eigenvalue weighted by molar-refractivity contribution is 7.26. The van der Waals surface area contributed by atoms with E-state index in [1.165, 1.54) is 31.3 Å². The van der Waals surface area contributed by atoms with Crippen LogP contribution in [0.25, 0.3) is 37.0 Å². The van der Waals surface area contributed by atoms with Crippen molar-refractivity contribution in [3.8, 4) is 16.8 Å². The Labute approximate surface area is 220 Å². The van der Waals surface area contributed by atoms with Crippen LogP contribution in [-0.4, -0.2) is 21.5 Å². The summed E-state index contributed by atoms with van der Waals surface area (Å²) in [4.78, 5) is 17.5. The molecule has 0 aliphatic carbocycles. The third-order valence-corrected chi connectivity index (χ3v) is 8.02.